The summed E-state index contributed by atoms with van der Waals surface area (Å²) >= 11 is 0. The van der Waals surface area contributed by atoms with Gasteiger partial charge < -0.3 is 9.47 Å². The first-order chi connectivity index (χ1) is 13.5. The molecule has 0 aromatic rings. The molecule has 0 atom stereocenters. The second-order valence-corrected chi connectivity index (χ2v) is 10.1. The smallest absolute Gasteiger partial charge is 0.233 e. The van der Waals surface area contributed by atoms with Crippen molar-refractivity contribution in [2.45, 2.75) is 97.7 Å². The Kier molecular flexibility index (Phi) is 7.53. The molecule has 0 N–H and O–H groups in total. The highest BCUT2D eigenvalue weighted by Gasteiger charge is 2.41. The Hall–Kier alpha value is -0.960. The summed E-state index contributed by atoms with van der Waals surface area (Å²) in [6.07, 6.45) is 12.5. The highest BCUT2D eigenvalue weighted by Crippen LogP contribution is 2.43. The monoisotopic (exact) mass is 384 g/mol. The maximum absolute atomic E-state index is 6.36. The molecule has 0 amide bonds. The SMILES string of the molecule is CC#CC1(C)CCC(CC2(C#CC)OCC(CC3CCC(C)CC3)CO2)CC1. The van der Waals surface area contributed by atoms with E-state index in [-0.39, 0.29) is 5.41 Å². The van der Waals surface area contributed by atoms with Gasteiger partial charge in [0.05, 0.1) is 13.2 Å². The van der Waals surface area contributed by atoms with Gasteiger partial charge >= 0.3 is 0 Å². The minimum Gasteiger partial charge on any atom is -0.339 e. The van der Waals surface area contributed by atoms with Crippen LogP contribution < -0.4 is 0 Å². The minimum atomic E-state index is -0.666. The van der Waals surface area contributed by atoms with Gasteiger partial charge in [0.25, 0.3) is 0 Å². The molecular weight excluding hydrogens is 344 g/mol. The van der Waals surface area contributed by atoms with Gasteiger partial charge in [0.1, 0.15) is 0 Å². The molecule has 3 fully saturated rings. The highest BCUT2D eigenvalue weighted by atomic mass is 16.7. The van der Waals surface area contributed by atoms with Crippen molar-refractivity contribution in [1.82, 2.24) is 0 Å². The van der Waals surface area contributed by atoms with Gasteiger partial charge in [-0.05, 0) is 76.5 Å². The predicted molar refractivity (Wildman–Crippen MR) is 115 cm³/mol. The maximum Gasteiger partial charge on any atom is 0.233 e. The summed E-state index contributed by atoms with van der Waals surface area (Å²) in [5.74, 6) is 15.2. The molecule has 3 rings (SSSR count). The van der Waals surface area contributed by atoms with Crippen LogP contribution in [0.1, 0.15) is 91.9 Å². The molecule has 2 aliphatic carbocycles. The number of ether oxygens (including phenoxy) is 2. The van der Waals surface area contributed by atoms with E-state index in [1.807, 2.05) is 13.8 Å². The van der Waals surface area contributed by atoms with Crippen molar-refractivity contribution in [2.75, 3.05) is 13.2 Å². The Labute approximate surface area is 173 Å². The van der Waals surface area contributed by atoms with E-state index in [0.717, 1.165) is 31.5 Å². The predicted octanol–water partition coefficient (Wildman–Crippen LogP) is 6.20. The molecule has 2 nitrogen and oxygen atoms in total. The van der Waals surface area contributed by atoms with Crippen molar-refractivity contribution in [1.29, 1.82) is 0 Å². The van der Waals surface area contributed by atoms with Crippen molar-refractivity contribution in [3.8, 4) is 23.7 Å². The third-order valence-electron chi connectivity index (χ3n) is 7.41. The lowest BCUT2D eigenvalue weighted by atomic mass is 9.70. The Bertz CT molecular complexity index is 604. The molecule has 28 heavy (non-hydrogen) atoms. The molecule has 1 heterocycles. The van der Waals surface area contributed by atoms with Gasteiger partial charge in [-0.2, -0.15) is 0 Å². The number of hydrogen-bond donors (Lipinski definition) is 0. The molecule has 2 saturated carbocycles. The molecular formula is C26H40O2. The zero-order valence-corrected chi connectivity index (χ0v) is 18.6. The van der Waals surface area contributed by atoms with Crippen LogP contribution in [0.2, 0.25) is 0 Å². The average Bonchev–Trinajstić information content (AvgIpc) is 2.68. The van der Waals surface area contributed by atoms with Crippen molar-refractivity contribution < 1.29 is 9.47 Å². The zero-order valence-electron chi connectivity index (χ0n) is 18.6. The summed E-state index contributed by atoms with van der Waals surface area (Å²) < 4.78 is 12.7. The minimum absolute atomic E-state index is 0.200. The van der Waals surface area contributed by atoms with Crippen LogP contribution in [0.5, 0.6) is 0 Å². The normalized spacial score (nSPS) is 41.3. The lowest BCUT2D eigenvalue weighted by Crippen LogP contribution is -2.45. The van der Waals surface area contributed by atoms with Crippen LogP contribution in [0.4, 0.5) is 0 Å². The van der Waals surface area contributed by atoms with Crippen molar-refractivity contribution in [3.63, 3.8) is 0 Å². The Morgan fingerprint density at radius 3 is 1.96 bits per heavy atom. The molecule has 1 saturated heterocycles. The van der Waals surface area contributed by atoms with Crippen LogP contribution in [-0.2, 0) is 9.47 Å². The molecule has 2 heteroatoms. The van der Waals surface area contributed by atoms with Gasteiger partial charge in [-0.1, -0.05) is 38.5 Å². The standard InChI is InChI=1S/C26H40O2/c1-5-13-25(4)15-11-23(12-16-25)18-26(14-6-2)27-19-24(20-28-26)17-22-9-7-21(3)8-10-22/h21-24H,7-12,15-20H2,1-4H3. The summed E-state index contributed by atoms with van der Waals surface area (Å²) in [5, 5.41) is 0. The Morgan fingerprint density at radius 1 is 0.786 bits per heavy atom. The fourth-order valence-electron chi connectivity index (χ4n) is 5.52. The zero-order chi connectivity index (χ0) is 20.0. The number of rotatable bonds is 4. The summed E-state index contributed by atoms with van der Waals surface area (Å²) in [5.41, 5.74) is 0.200. The maximum atomic E-state index is 6.36. The largest absolute Gasteiger partial charge is 0.339 e. The van der Waals surface area contributed by atoms with E-state index in [9.17, 15) is 0 Å². The first-order valence-corrected chi connectivity index (χ1v) is 11.6. The van der Waals surface area contributed by atoms with Crippen molar-refractivity contribution in [2.24, 2.45) is 29.1 Å². The Balaban J connectivity index is 1.50. The second kappa shape index (κ2) is 9.69. The lowest BCUT2D eigenvalue weighted by Gasteiger charge is -2.42. The third-order valence-corrected chi connectivity index (χ3v) is 7.41. The van der Waals surface area contributed by atoms with Gasteiger partial charge in [0.15, 0.2) is 0 Å². The quantitative estimate of drug-likeness (QED) is 0.538. The molecule has 0 bridgehead atoms. The second-order valence-electron chi connectivity index (χ2n) is 10.1. The molecule has 0 spiro atoms. The molecule has 0 unspecified atom stereocenters. The molecule has 0 aromatic heterocycles. The van der Waals surface area contributed by atoms with Crippen molar-refractivity contribution >= 4 is 0 Å². The van der Waals surface area contributed by atoms with Crippen LogP contribution in [0.25, 0.3) is 0 Å². The highest BCUT2D eigenvalue weighted by molar-refractivity contribution is 5.13. The first-order valence-electron chi connectivity index (χ1n) is 11.6. The van der Waals surface area contributed by atoms with Crippen LogP contribution in [0.3, 0.4) is 0 Å². The van der Waals surface area contributed by atoms with E-state index >= 15 is 0 Å². The van der Waals surface area contributed by atoms with Crippen molar-refractivity contribution in [3.05, 3.63) is 0 Å². The fourth-order valence-corrected chi connectivity index (χ4v) is 5.52. The Morgan fingerprint density at radius 2 is 1.39 bits per heavy atom. The summed E-state index contributed by atoms with van der Waals surface area (Å²) in [7, 11) is 0. The van der Waals surface area contributed by atoms with E-state index in [4.69, 9.17) is 9.47 Å². The van der Waals surface area contributed by atoms with Crippen LogP contribution in [-0.4, -0.2) is 19.0 Å². The van der Waals surface area contributed by atoms with E-state index < -0.39 is 5.79 Å². The summed E-state index contributed by atoms with van der Waals surface area (Å²) in [6, 6.07) is 0. The van der Waals surface area contributed by atoms with Gasteiger partial charge in [-0.25, -0.2) is 0 Å². The van der Waals surface area contributed by atoms with Gasteiger partial charge in [-0.3, -0.25) is 0 Å². The van der Waals surface area contributed by atoms with E-state index in [0.29, 0.717) is 11.8 Å². The van der Waals surface area contributed by atoms with Crippen LogP contribution >= 0.6 is 0 Å². The van der Waals surface area contributed by atoms with E-state index in [1.54, 1.807) is 0 Å². The van der Waals surface area contributed by atoms with Crippen LogP contribution in [0.15, 0.2) is 0 Å². The molecule has 156 valence electrons. The molecule has 0 radical (unpaired) electrons. The van der Waals surface area contributed by atoms with E-state index in [1.165, 1.54) is 57.8 Å². The fraction of sp³-hybridized carbons (Fsp3) is 0.846. The average molecular weight is 385 g/mol. The van der Waals surface area contributed by atoms with Gasteiger partial charge in [0.2, 0.25) is 5.79 Å². The summed E-state index contributed by atoms with van der Waals surface area (Å²) in [6.45, 7) is 10.2. The molecule has 3 aliphatic rings. The summed E-state index contributed by atoms with van der Waals surface area (Å²) in [4.78, 5) is 0. The topological polar surface area (TPSA) is 18.5 Å². The molecule has 1 aliphatic heterocycles. The third kappa shape index (κ3) is 5.78. The van der Waals surface area contributed by atoms with Gasteiger partial charge in [-0.15, -0.1) is 11.8 Å². The first kappa shape index (κ1) is 21.7. The molecule has 0 aromatic carbocycles. The van der Waals surface area contributed by atoms with E-state index in [2.05, 4.69) is 37.5 Å². The lowest BCUT2D eigenvalue weighted by molar-refractivity contribution is -0.259. The van der Waals surface area contributed by atoms with Gasteiger partial charge in [0, 0.05) is 17.8 Å². The number of hydrogen-bond acceptors (Lipinski definition) is 2. The van der Waals surface area contributed by atoms with Crippen LogP contribution in [0, 0.1) is 52.8 Å².